The summed E-state index contributed by atoms with van der Waals surface area (Å²) in [6.45, 7) is 4.09. The number of thiazole rings is 1. The molecule has 3 aromatic rings. The van der Waals surface area contributed by atoms with Gasteiger partial charge in [-0.15, -0.1) is 11.3 Å². The van der Waals surface area contributed by atoms with E-state index >= 15 is 0 Å². The molecule has 0 N–H and O–H groups in total. The van der Waals surface area contributed by atoms with Crippen LogP contribution in [0.15, 0.2) is 41.9 Å². The molecule has 0 saturated carbocycles. The molecular formula is C20H19F3N4OS. The van der Waals surface area contributed by atoms with Crippen LogP contribution in [-0.4, -0.2) is 26.7 Å². The van der Waals surface area contributed by atoms with Gasteiger partial charge in [0.15, 0.2) is 0 Å². The molecule has 4 rings (SSSR count). The van der Waals surface area contributed by atoms with E-state index in [-0.39, 0.29) is 24.4 Å². The summed E-state index contributed by atoms with van der Waals surface area (Å²) in [6, 6.07) is 7.00. The van der Waals surface area contributed by atoms with E-state index in [1.807, 2.05) is 17.7 Å². The zero-order chi connectivity index (χ0) is 20.8. The zero-order valence-electron chi connectivity index (χ0n) is 15.8. The van der Waals surface area contributed by atoms with Gasteiger partial charge in [-0.3, -0.25) is 9.69 Å². The molecule has 0 aliphatic carbocycles. The summed E-state index contributed by atoms with van der Waals surface area (Å²) in [5.41, 5.74) is 0.504. The SMILES string of the molecule is C[C@H]1C[C@H](C)n2nccc2N1C(=O)Cc1csc(-c2ccc(C(F)(F)F)cc2)n1. The molecule has 0 bridgehead atoms. The standard InChI is InChI=1S/C20H19F3N4OS/c1-12-9-13(2)27-17(7-8-24-27)26(12)18(28)10-16-11-29-19(25-16)14-3-5-15(6-4-14)20(21,22)23/h3-8,11-13H,9-10H2,1-2H3/t12-,13-/m0/s1. The number of hydrogen-bond acceptors (Lipinski definition) is 4. The first-order valence-electron chi connectivity index (χ1n) is 9.21. The fourth-order valence-electron chi connectivity index (χ4n) is 3.70. The normalized spacial score (nSPS) is 19.3. The maximum Gasteiger partial charge on any atom is 0.416 e. The molecular weight excluding hydrogens is 401 g/mol. The van der Waals surface area contributed by atoms with Gasteiger partial charge >= 0.3 is 6.18 Å². The lowest BCUT2D eigenvalue weighted by Crippen LogP contribution is -2.45. The minimum atomic E-state index is -4.37. The molecule has 0 fully saturated rings. The summed E-state index contributed by atoms with van der Waals surface area (Å²) in [7, 11) is 0. The number of halogens is 3. The predicted molar refractivity (Wildman–Crippen MR) is 105 cm³/mol. The predicted octanol–water partition coefficient (Wildman–Crippen LogP) is 4.95. The van der Waals surface area contributed by atoms with Crippen LogP contribution < -0.4 is 4.90 Å². The van der Waals surface area contributed by atoms with E-state index in [9.17, 15) is 18.0 Å². The quantitative estimate of drug-likeness (QED) is 0.602. The lowest BCUT2D eigenvalue weighted by atomic mass is 10.0. The van der Waals surface area contributed by atoms with Crippen LogP contribution in [0.1, 0.15) is 37.6 Å². The highest BCUT2D eigenvalue weighted by atomic mass is 32.1. The molecule has 0 unspecified atom stereocenters. The molecule has 5 nitrogen and oxygen atoms in total. The average Bonchev–Trinajstić information content (AvgIpc) is 3.31. The second-order valence-corrected chi connectivity index (χ2v) is 8.09. The van der Waals surface area contributed by atoms with Crippen molar-refractivity contribution >= 4 is 23.1 Å². The van der Waals surface area contributed by atoms with Crippen LogP contribution in [0.4, 0.5) is 19.0 Å². The second kappa shape index (κ2) is 7.29. The van der Waals surface area contributed by atoms with Crippen LogP contribution in [0.3, 0.4) is 0 Å². The van der Waals surface area contributed by atoms with Crippen molar-refractivity contribution in [2.45, 2.75) is 44.9 Å². The molecule has 0 saturated heterocycles. The van der Waals surface area contributed by atoms with Crippen LogP contribution in [0.25, 0.3) is 10.6 Å². The van der Waals surface area contributed by atoms with Crippen molar-refractivity contribution in [1.29, 1.82) is 0 Å². The number of carbonyl (C=O) groups excluding carboxylic acids is 1. The summed E-state index contributed by atoms with van der Waals surface area (Å²) < 4.78 is 40.0. The maximum atomic E-state index is 13.0. The fourth-order valence-corrected chi connectivity index (χ4v) is 4.52. The number of benzene rings is 1. The Morgan fingerprint density at radius 2 is 1.90 bits per heavy atom. The minimum Gasteiger partial charge on any atom is -0.294 e. The third-order valence-electron chi connectivity index (χ3n) is 5.05. The van der Waals surface area contributed by atoms with Gasteiger partial charge < -0.3 is 0 Å². The summed E-state index contributed by atoms with van der Waals surface area (Å²) in [5, 5.41) is 6.68. The lowest BCUT2D eigenvalue weighted by Gasteiger charge is -2.36. The van der Waals surface area contributed by atoms with Gasteiger partial charge in [-0.2, -0.15) is 18.3 Å². The second-order valence-electron chi connectivity index (χ2n) is 7.23. The van der Waals surface area contributed by atoms with Gasteiger partial charge in [-0.1, -0.05) is 12.1 Å². The number of nitrogens with zero attached hydrogens (tertiary/aromatic N) is 4. The van der Waals surface area contributed by atoms with E-state index < -0.39 is 11.7 Å². The van der Waals surface area contributed by atoms with Crippen molar-refractivity contribution in [3.63, 3.8) is 0 Å². The summed E-state index contributed by atoms with van der Waals surface area (Å²) in [6.07, 6.45) is -1.74. The van der Waals surface area contributed by atoms with Crippen LogP contribution in [0.2, 0.25) is 0 Å². The number of fused-ring (bicyclic) bond motifs is 1. The Labute approximate surface area is 169 Å². The number of amides is 1. The van der Waals surface area contributed by atoms with E-state index in [1.165, 1.54) is 23.5 Å². The molecule has 0 radical (unpaired) electrons. The first-order valence-corrected chi connectivity index (χ1v) is 10.1. The number of alkyl halides is 3. The van der Waals surface area contributed by atoms with Crippen molar-refractivity contribution in [2.24, 2.45) is 0 Å². The van der Waals surface area contributed by atoms with Gasteiger partial charge in [0, 0.05) is 23.1 Å². The third-order valence-corrected chi connectivity index (χ3v) is 5.99. The molecule has 9 heteroatoms. The van der Waals surface area contributed by atoms with Gasteiger partial charge in [-0.25, -0.2) is 9.67 Å². The number of hydrogen-bond donors (Lipinski definition) is 0. The first kappa shape index (κ1) is 19.6. The smallest absolute Gasteiger partial charge is 0.294 e. The van der Waals surface area contributed by atoms with Crippen molar-refractivity contribution < 1.29 is 18.0 Å². The van der Waals surface area contributed by atoms with E-state index in [0.717, 1.165) is 24.4 Å². The minimum absolute atomic E-state index is 0.0507. The van der Waals surface area contributed by atoms with Gasteiger partial charge in [0.2, 0.25) is 5.91 Å². The Balaban J connectivity index is 1.51. The van der Waals surface area contributed by atoms with E-state index in [2.05, 4.69) is 17.0 Å². The largest absolute Gasteiger partial charge is 0.416 e. The van der Waals surface area contributed by atoms with Gasteiger partial charge in [-0.05, 0) is 32.4 Å². The van der Waals surface area contributed by atoms with Crippen molar-refractivity contribution in [2.75, 3.05) is 4.90 Å². The summed E-state index contributed by atoms with van der Waals surface area (Å²) in [4.78, 5) is 19.2. The van der Waals surface area contributed by atoms with Crippen LogP contribution in [0, 0.1) is 0 Å². The highest BCUT2D eigenvalue weighted by Crippen LogP contribution is 2.33. The Hall–Kier alpha value is -2.68. The summed E-state index contributed by atoms with van der Waals surface area (Å²) >= 11 is 1.31. The fraction of sp³-hybridized carbons (Fsp3) is 0.350. The Bertz CT molecular complexity index is 1030. The molecule has 1 amide bonds. The Morgan fingerprint density at radius 3 is 2.59 bits per heavy atom. The molecule has 1 aliphatic heterocycles. The molecule has 3 heterocycles. The number of anilines is 1. The summed E-state index contributed by atoms with van der Waals surface area (Å²) in [5.74, 6) is 0.704. The Morgan fingerprint density at radius 1 is 1.17 bits per heavy atom. The van der Waals surface area contributed by atoms with Crippen molar-refractivity contribution in [1.82, 2.24) is 14.8 Å². The highest BCUT2D eigenvalue weighted by Gasteiger charge is 2.33. The molecule has 0 spiro atoms. The molecule has 2 aromatic heterocycles. The van der Waals surface area contributed by atoms with Crippen LogP contribution in [0.5, 0.6) is 0 Å². The van der Waals surface area contributed by atoms with E-state index in [0.29, 0.717) is 16.3 Å². The first-order chi connectivity index (χ1) is 13.7. The molecule has 2 atom stereocenters. The van der Waals surface area contributed by atoms with Gasteiger partial charge in [0.05, 0.1) is 29.9 Å². The molecule has 29 heavy (non-hydrogen) atoms. The molecule has 152 valence electrons. The molecule has 1 aromatic carbocycles. The van der Waals surface area contributed by atoms with Gasteiger partial charge in [0.1, 0.15) is 10.8 Å². The third kappa shape index (κ3) is 3.78. The van der Waals surface area contributed by atoms with Crippen molar-refractivity contribution in [3.05, 3.63) is 53.2 Å². The number of carbonyl (C=O) groups is 1. The maximum absolute atomic E-state index is 13.0. The Kier molecular flexibility index (Phi) is 4.94. The topological polar surface area (TPSA) is 51.0 Å². The lowest BCUT2D eigenvalue weighted by molar-refractivity contribution is -0.137. The highest BCUT2D eigenvalue weighted by molar-refractivity contribution is 7.13. The van der Waals surface area contributed by atoms with E-state index in [1.54, 1.807) is 16.5 Å². The van der Waals surface area contributed by atoms with Crippen molar-refractivity contribution in [3.8, 4) is 10.6 Å². The number of rotatable bonds is 3. The average molecular weight is 420 g/mol. The van der Waals surface area contributed by atoms with Crippen LogP contribution >= 0.6 is 11.3 Å². The van der Waals surface area contributed by atoms with Gasteiger partial charge in [0.25, 0.3) is 0 Å². The monoisotopic (exact) mass is 420 g/mol. The van der Waals surface area contributed by atoms with Crippen LogP contribution in [-0.2, 0) is 17.4 Å². The zero-order valence-corrected chi connectivity index (χ0v) is 16.7. The van der Waals surface area contributed by atoms with E-state index in [4.69, 9.17) is 0 Å². The molecule has 1 aliphatic rings. The number of aromatic nitrogens is 3.